The SMILES string of the molecule is Cc1cccnc1NC(=O)c1cccc(S(=O)(=O)N(C)C)c1. The summed E-state index contributed by atoms with van der Waals surface area (Å²) in [4.78, 5) is 16.4. The summed E-state index contributed by atoms with van der Waals surface area (Å²) in [7, 11) is -0.689. The molecule has 1 N–H and O–H groups in total. The van der Waals surface area contributed by atoms with Gasteiger partial charge in [0, 0.05) is 25.9 Å². The summed E-state index contributed by atoms with van der Waals surface area (Å²) in [6, 6.07) is 9.50. The molecule has 0 fully saturated rings. The Bertz CT molecular complexity index is 801. The molecular formula is C15H17N3O3S. The van der Waals surface area contributed by atoms with Gasteiger partial charge < -0.3 is 5.32 Å². The molecule has 0 aliphatic rings. The molecule has 2 aromatic rings. The van der Waals surface area contributed by atoms with Crippen LogP contribution in [-0.4, -0.2) is 37.7 Å². The summed E-state index contributed by atoms with van der Waals surface area (Å²) < 4.78 is 25.3. The fraction of sp³-hybridized carbons (Fsp3) is 0.200. The van der Waals surface area contributed by atoms with Crippen molar-refractivity contribution in [1.82, 2.24) is 9.29 Å². The number of carbonyl (C=O) groups is 1. The fourth-order valence-corrected chi connectivity index (χ4v) is 2.75. The number of aromatic nitrogens is 1. The first kappa shape index (κ1) is 16.1. The van der Waals surface area contributed by atoms with Gasteiger partial charge in [-0.3, -0.25) is 4.79 Å². The highest BCUT2D eigenvalue weighted by Gasteiger charge is 2.19. The number of pyridine rings is 1. The summed E-state index contributed by atoms with van der Waals surface area (Å²) in [6.07, 6.45) is 1.58. The number of carbonyl (C=O) groups excluding carboxylic acids is 1. The molecule has 0 aliphatic carbocycles. The number of rotatable bonds is 4. The quantitative estimate of drug-likeness (QED) is 0.933. The predicted molar refractivity (Wildman–Crippen MR) is 84.2 cm³/mol. The Morgan fingerprint density at radius 3 is 2.55 bits per heavy atom. The van der Waals surface area contributed by atoms with Crippen molar-refractivity contribution < 1.29 is 13.2 Å². The van der Waals surface area contributed by atoms with E-state index in [0.29, 0.717) is 5.82 Å². The van der Waals surface area contributed by atoms with E-state index in [9.17, 15) is 13.2 Å². The standard InChI is InChI=1S/C15H17N3O3S/c1-11-6-5-9-16-14(11)17-15(19)12-7-4-8-13(10-12)22(20,21)18(2)3/h4-10H,1-3H3,(H,16,17,19). The van der Waals surface area contributed by atoms with Crippen LogP contribution >= 0.6 is 0 Å². The number of nitrogens with zero attached hydrogens (tertiary/aromatic N) is 2. The van der Waals surface area contributed by atoms with Gasteiger partial charge in [-0.25, -0.2) is 17.7 Å². The smallest absolute Gasteiger partial charge is 0.256 e. The van der Waals surface area contributed by atoms with Crippen LogP contribution in [0.4, 0.5) is 5.82 Å². The molecule has 22 heavy (non-hydrogen) atoms. The second-order valence-corrected chi connectivity index (χ2v) is 7.09. The van der Waals surface area contributed by atoms with Crippen molar-refractivity contribution in [3.63, 3.8) is 0 Å². The Hall–Kier alpha value is -2.25. The molecule has 1 heterocycles. The number of sulfonamides is 1. The zero-order chi connectivity index (χ0) is 16.3. The number of anilines is 1. The summed E-state index contributed by atoms with van der Waals surface area (Å²) in [6.45, 7) is 1.83. The van der Waals surface area contributed by atoms with Gasteiger partial charge in [-0.1, -0.05) is 12.1 Å². The van der Waals surface area contributed by atoms with Gasteiger partial charge in [0.2, 0.25) is 10.0 Å². The highest BCUT2D eigenvalue weighted by atomic mass is 32.2. The van der Waals surface area contributed by atoms with Crippen molar-refractivity contribution in [1.29, 1.82) is 0 Å². The van der Waals surface area contributed by atoms with Gasteiger partial charge in [-0.2, -0.15) is 0 Å². The van der Waals surface area contributed by atoms with E-state index in [0.717, 1.165) is 9.87 Å². The van der Waals surface area contributed by atoms with Crippen LogP contribution in [0, 0.1) is 6.92 Å². The largest absolute Gasteiger partial charge is 0.306 e. The van der Waals surface area contributed by atoms with E-state index in [1.54, 1.807) is 18.3 Å². The lowest BCUT2D eigenvalue weighted by Crippen LogP contribution is -2.23. The molecule has 0 saturated heterocycles. The maximum Gasteiger partial charge on any atom is 0.256 e. The first-order chi connectivity index (χ1) is 10.3. The highest BCUT2D eigenvalue weighted by molar-refractivity contribution is 7.89. The molecule has 0 unspecified atom stereocenters. The van der Waals surface area contributed by atoms with E-state index >= 15 is 0 Å². The third kappa shape index (κ3) is 3.32. The summed E-state index contributed by atoms with van der Waals surface area (Å²) >= 11 is 0. The Kier molecular flexibility index (Phi) is 4.58. The lowest BCUT2D eigenvalue weighted by molar-refractivity contribution is 0.102. The van der Waals surface area contributed by atoms with Crippen LogP contribution in [-0.2, 0) is 10.0 Å². The first-order valence-electron chi connectivity index (χ1n) is 6.58. The zero-order valence-electron chi connectivity index (χ0n) is 12.6. The molecule has 0 aliphatic heterocycles. The molecule has 2 rings (SSSR count). The number of amides is 1. The number of nitrogens with one attached hydrogen (secondary N) is 1. The van der Waals surface area contributed by atoms with Crippen molar-refractivity contribution in [2.24, 2.45) is 0 Å². The summed E-state index contributed by atoms with van der Waals surface area (Å²) in [5.41, 5.74) is 1.08. The summed E-state index contributed by atoms with van der Waals surface area (Å²) in [5.74, 6) is 0.0472. The zero-order valence-corrected chi connectivity index (χ0v) is 13.4. The molecule has 1 aromatic heterocycles. The lowest BCUT2D eigenvalue weighted by Gasteiger charge is -2.12. The van der Waals surface area contributed by atoms with E-state index in [1.165, 1.54) is 32.3 Å². The lowest BCUT2D eigenvalue weighted by atomic mass is 10.2. The number of benzene rings is 1. The number of hydrogen-bond donors (Lipinski definition) is 1. The van der Waals surface area contributed by atoms with E-state index in [1.807, 2.05) is 13.0 Å². The minimum atomic E-state index is -3.58. The topological polar surface area (TPSA) is 79.4 Å². The second-order valence-electron chi connectivity index (χ2n) is 4.94. The monoisotopic (exact) mass is 319 g/mol. The highest BCUT2D eigenvalue weighted by Crippen LogP contribution is 2.16. The summed E-state index contributed by atoms with van der Waals surface area (Å²) in [5, 5.41) is 2.68. The van der Waals surface area contributed by atoms with Crippen LogP contribution in [0.15, 0.2) is 47.5 Å². The van der Waals surface area contributed by atoms with Crippen LogP contribution in [0.5, 0.6) is 0 Å². The third-order valence-electron chi connectivity index (χ3n) is 3.12. The molecular weight excluding hydrogens is 302 g/mol. The maximum atomic E-state index is 12.3. The Labute approximate surface area is 129 Å². The van der Waals surface area contributed by atoms with Crippen LogP contribution in [0.3, 0.4) is 0 Å². The van der Waals surface area contributed by atoms with Crippen molar-refractivity contribution >= 4 is 21.7 Å². The van der Waals surface area contributed by atoms with Gasteiger partial charge in [0.25, 0.3) is 5.91 Å². The van der Waals surface area contributed by atoms with Crippen molar-refractivity contribution in [3.8, 4) is 0 Å². The van der Waals surface area contributed by atoms with Gasteiger partial charge in [0.05, 0.1) is 4.90 Å². The van der Waals surface area contributed by atoms with Crippen LogP contribution in [0.25, 0.3) is 0 Å². The number of aryl methyl sites for hydroxylation is 1. The third-order valence-corrected chi connectivity index (χ3v) is 4.93. The molecule has 0 radical (unpaired) electrons. The first-order valence-corrected chi connectivity index (χ1v) is 8.02. The van der Waals surface area contributed by atoms with E-state index < -0.39 is 15.9 Å². The molecule has 0 bridgehead atoms. The van der Waals surface area contributed by atoms with Crippen LogP contribution < -0.4 is 5.32 Å². The van der Waals surface area contributed by atoms with Crippen molar-refractivity contribution in [2.45, 2.75) is 11.8 Å². The fourth-order valence-electron chi connectivity index (χ4n) is 1.80. The second kappa shape index (κ2) is 6.25. The minimum Gasteiger partial charge on any atom is -0.306 e. The molecule has 0 atom stereocenters. The van der Waals surface area contributed by atoms with Gasteiger partial charge in [-0.05, 0) is 36.8 Å². The molecule has 6 nitrogen and oxygen atoms in total. The molecule has 116 valence electrons. The Morgan fingerprint density at radius 2 is 1.91 bits per heavy atom. The Morgan fingerprint density at radius 1 is 1.18 bits per heavy atom. The van der Waals surface area contributed by atoms with Crippen molar-refractivity contribution in [2.75, 3.05) is 19.4 Å². The minimum absolute atomic E-state index is 0.0721. The van der Waals surface area contributed by atoms with Gasteiger partial charge in [0.15, 0.2) is 0 Å². The molecule has 1 aromatic carbocycles. The van der Waals surface area contributed by atoms with E-state index in [-0.39, 0.29) is 10.5 Å². The van der Waals surface area contributed by atoms with E-state index in [4.69, 9.17) is 0 Å². The number of hydrogen-bond acceptors (Lipinski definition) is 4. The van der Waals surface area contributed by atoms with Crippen molar-refractivity contribution in [3.05, 3.63) is 53.7 Å². The van der Waals surface area contributed by atoms with Crippen LogP contribution in [0.2, 0.25) is 0 Å². The van der Waals surface area contributed by atoms with Gasteiger partial charge in [-0.15, -0.1) is 0 Å². The molecule has 7 heteroatoms. The average Bonchev–Trinajstić information content (AvgIpc) is 2.49. The van der Waals surface area contributed by atoms with Gasteiger partial charge >= 0.3 is 0 Å². The van der Waals surface area contributed by atoms with Crippen LogP contribution in [0.1, 0.15) is 15.9 Å². The van der Waals surface area contributed by atoms with Gasteiger partial charge in [0.1, 0.15) is 5.82 Å². The average molecular weight is 319 g/mol. The maximum absolute atomic E-state index is 12.3. The normalized spacial score (nSPS) is 11.5. The van der Waals surface area contributed by atoms with E-state index in [2.05, 4.69) is 10.3 Å². The molecule has 0 saturated carbocycles. The Balaban J connectivity index is 2.31. The predicted octanol–water partition coefficient (Wildman–Crippen LogP) is 1.89. The molecule has 0 spiro atoms. The molecule has 1 amide bonds.